The second-order valence-corrected chi connectivity index (χ2v) is 6.38. The van der Waals surface area contributed by atoms with Crippen LogP contribution in [0.15, 0.2) is 30.5 Å². The molecule has 98 valence electrons. The summed E-state index contributed by atoms with van der Waals surface area (Å²) in [6.45, 7) is 0. The lowest BCUT2D eigenvalue weighted by Crippen LogP contribution is -2.25. The number of hydrogen-bond acceptors (Lipinski definition) is 2. The van der Waals surface area contributed by atoms with Crippen molar-refractivity contribution >= 4 is 28.2 Å². The second-order valence-electron chi connectivity index (χ2n) is 5.95. The van der Waals surface area contributed by atoms with Gasteiger partial charge in [-0.15, -0.1) is 0 Å². The Labute approximate surface area is 118 Å². The van der Waals surface area contributed by atoms with Gasteiger partial charge in [0, 0.05) is 28.3 Å². The van der Waals surface area contributed by atoms with Gasteiger partial charge in [0.15, 0.2) is 0 Å². The molecule has 1 aromatic carbocycles. The lowest BCUT2D eigenvalue weighted by atomic mass is 9.95. The molecule has 4 rings (SSSR count). The molecule has 3 atom stereocenters. The first kappa shape index (κ1) is 11.5. The Hall–Kier alpha value is -1.28. The van der Waals surface area contributed by atoms with E-state index in [2.05, 4.69) is 22.4 Å². The fraction of sp³-hybridized carbons (Fsp3) is 0.438. The van der Waals surface area contributed by atoms with Gasteiger partial charge in [0.05, 0.1) is 5.52 Å². The summed E-state index contributed by atoms with van der Waals surface area (Å²) in [5.41, 5.74) is 2.18. The molecule has 0 radical (unpaired) electrons. The minimum absolute atomic E-state index is 0.653. The van der Waals surface area contributed by atoms with E-state index in [1.807, 2.05) is 18.3 Å². The van der Waals surface area contributed by atoms with Crippen molar-refractivity contribution in [3.8, 4) is 0 Å². The molecule has 2 fully saturated rings. The molecule has 0 amide bonds. The molecule has 2 aliphatic rings. The standard InChI is InChI=1S/C16H17ClN2/c17-12-3-4-13-14(5-6-18-16(13)9-12)19-15-8-10-1-2-11(15)7-10/h3-6,9-11,15H,1-2,7-8H2,(H,18,19). The SMILES string of the molecule is Clc1ccc2c(NC3CC4CCC3C4)ccnc2c1. The summed E-state index contributed by atoms with van der Waals surface area (Å²) in [4.78, 5) is 4.40. The molecule has 0 spiro atoms. The van der Waals surface area contributed by atoms with Gasteiger partial charge in [0.2, 0.25) is 0 Å². The van der Waals surface area contributed by atoms with Crippen molar-refractivity contribution in [1.82, 2.24) is 4.98 Å². The molecule has 2 aromatic rings. The molecule has 1 N–H and O–H groups in total. The van der Waals surface area contributed by atoms with Gasteiger partial charge in [-0.3, -0.25) is 4.98 Å². The first-order valence-corrected chi connectivity index (χ1v) is 7.48. The molecule has 2 saturated carbocycles. The van der Waals surface area contributed by atoms with E-state index in [-0.39, 0.29) is 0 Å². The Morgan fingerprint density at radius 1 is 1.16 bits per heavy atom. The molecule has 2 nitrogen and oxygen atoms in total. The number of pyridine rings is 1. The smallest absolute Gasteiger partial charge is 0.0737 e. The van der Waals surface area contributed by atoms with Crippen molar-refractivity contribution in [1.29, 1.82) is 0 Å². The number of nitrogens with zero attached hydrogens (tertiary/aromatic N) is 1. The van der Waals surface area contributed by atoms with Crippen LogP contribution in [0.2, 0.25) is 5.02 Å². The van der Waals surface area contributed by atoms with Crippen LogP contribution >= 0.6 is 11.6 Å². The van der Waals surface area contributed by atoms with Gasteiger partial charge in [-0.05, 0) is 55.4 Å². The van der Waals surface area contributed by atoms with Crippen LogP contribution in [0.3, 0.4) is 0 Å². The maximum absolute atomic E-state index is 6.03. The van der Waals surface area contributed by atoms with Crippen LogP contribution in [0, 0.1) is 11.8 Å². The van der Waals surface area contributed by atoms with Gasteiger partial charge in [-0.2, -0.15) is 0 Å². The normalized spacial score (nSPS) is 29.0. The summed E-state index contributed by atoms with van der Waals surface area (Å²) in [5.74, 6) is 1.84. The molecule has 1 aromatic heterocycles. The van der Waals surface area contributed by atoms with Crippen molar-refractivity contribution in [2.75, 3.05) is 5.32 Å². The fourth-order valence-corrected chi connectivity index (χ4v) is 4.03. The van der Waals surface area contributed by atoms with Crippen LogP contribution < -0.4 is 5.32 Å². The van der Waals surface area contributed by atoms with E-state index in [0.717, 1.165) is 22.4 Å². The molecule has 0 saturated heterocycles. The number of nitrogens with one attached hydrogen (secondary N) is 1. The summed E-state index contributed by atoms with van der Waals surface area (Å²) in [5, 5.41) is 5.67. The zero-order valence-corrected chi connectivity index (χ0v) is 11.5. The minimum atomic E-state index is 0.653. The van der Waals surface area contributed by atoms with Crippen molar-refractivity contribution in [3.05, 3.63) is 35.5 Å². The molecular weight excluding hydrogens is 256 g/mol. The van der Waals surface area contributed by atoms with E-state index >= 15 is 0 Å². The van der Waals surface area contributed by atoms with E-state index in [0.29, 0.717) is 6.04 Å². The van der Waals surface area contributed by atoms with E-state index in [1.54, 1.807) is 0 Å². The van der Waals surface area contributed by atoms with Gasteiger partial charge in [-0.25, -0.2) is 0 Å². The van der Waals surface area contributed by atoms with Crippen LogP contribution in [0.25, 0.3) is 10.9 Å². The van der Waals surface area contributed by atoms with Crippen LogP contribution in [0.1, 0.15) is 25.7 Å². The third-order valence-electron chi connectivity index (χ3n) is 4.78. The molecule has 1 heterocycles. The van der Waals surface area contributed by atoms with Crippen LogP contribution in [0.4, 0.5) is 5.69 Å². The molecule has 0 aliphatic heterocycles. The van der Waals surface area contributed by atoms with Crippen LogP contribution in [-0.2, 0) is 0 Å². The Balaban J connectivity index is 1.67. The number of aromatic nitrogens is 1. The Bertz CT molecular complexity index is 625. The van der Waals surface area contributed by atoms with Crippen molar-refractivity contribution in [2.45, 2.75) is 31.7 Å². The van der Waals surface area contributed by atoms with E-state index < -0.39 is 0 Å². The maximum Gasteiger partial charge on any atom is 0.0737 e. The lowest BCUT2D eigenvalue weighted by Gasteiger charge is -2.24. The molecule has 3 unspecified atom stereocenters. The van der Waals surface area contributed by atoms with E-state index in [4.69, 9.17) is 11.6 Å². The number of fused-ring (bicyclic) bond motifs is 3. The highest BCUT2D eigenvalue weighted by atomic mass is 35.5. The Morgan fingerprint density at radius 3 is 2.89 bits per heavy atom. The molecule has 3 heteroatoms. The van der Waals surface area contributed by atoms with Gasteiger partial charge < -0.3 is 5.32 Å². The predicted octanol–water partition coefficient (Wildman–Crippen LogP) is 4.49. The summed E-state index contributed by atoms with van der Waals surface area (Å²) < 4.78 is 0. The second kappa shape index (κ2) is 4.38. The quantitative estimate of drug-likeness (QED) is 0.871. The monoisotopic (exact) mass is 272 g/mol. The highest BCUT2D eigenvalue weighted by Crippen LogP contribution is 2.45. The van der Waals surface area contributed by atoms with Crippen molar-refractivity contribution in [3.63, 3.8) is 0 Å². The molecule has 2 bridgehead atoms. The third-order valence-corrected chi connectivity index (χ3v) is 5.02. The zero-order valence-electron chi connectivity index (χ0n) is 10.8. The Kier molecular flexibility index (Phi) is 2.66. The average Bonchev–Trinajstić information content (AvgIpc) is 3.01. The predicted molar refractivity (Wildman–Crippen MR) is 79.6 cm³/mol. The van der Waals surface area contributed by atoms with Crippen molar-refractivity contribution in [2.24, 2.45) is 11.8 Å². The van der Waals surface area contributed by atoms with Gasteiger partial charge >= 0.3 is 0 Å². The zero-order chi connectivity index (χ0) is 12.8. The molecular formula is C16H17ClN2. The maximum atomic E-state index is 6.03. The van der Waals surface area contributed by atoms with Crippen LogP contribution in [0.5, 0.6) is 0 Å². The summed E-state index contributed by atoms with van der Waals surface area (Å²) >= 11 is 6.03. The highest BCUT2D eigenvalue weighted by Gasteiger charge is 2.39. The van der Waals surface area contributed by atoms with E-state index in [9.17, 15) is 0 Å². The first-order valence-electron chi connectivity index (χ1n) is 7.10. The first-order chi connectivity index (χ1) is 9.29. The number of anilines is 1. The number of halogens is 1. The summed E-state index contributed by atoms with van der Waals surface area (Å²) in [6, 6.07) is 8.68. The largest absolute Gasteiger partial charge is 0.381 e. The molecule has 2 aliphatic carbocycles. The topological polar surface area (TPSA) is 24.9 Å². The van der Waals surface area contributed by atoms with Gasteiger partial charge in [0.1, 0.15) is 0 Å². The Morgan fingerprint density at radius 2 is 2.11 bits per heavy atom. The van der Waals surface area contributed by atoms with Crippen LogP contribution in [-0.4, -0.2) is 11.0 Å². The number of benzene rings is 1. The third kappa shape index (κ3) is 1.99. The number of hydrogen-bond donors (Lipinski definition) is 1. The lowest BCUT2D eigenvalue weighted by molar-refractivity contribution is 0.440. The molecule has 19 heavy (non-hydrogen) atoms. The summed E-state index contributed by atoms with van der Waals surface area (Å²) in [6.07, 6.45) is 7.47. The minimum Gasteiger partial charge on any atom is -0.381 e. The van der Waals surface area contributed by atoms with E-state index in [1.165, 1.54) is 36.8 Å². The average molecular weight is 273 g/mol. The highest BCUT2D eigenvalue weighted by molar-refractivity contribution is 6.31. The van der Waals surface area contributed by atoms with Gasteiger partial charge in [-0.1, -0.05) is 18.0 Å². The summed E-state index contributed by atoms with van der Waals surface area (Å²) in [7, 11) is 0. The number of rotatable bonds is 2. The van der Waals surface area contributed by atoms with Gasteiger partial charge in [0.25, 0.3) is 0 Å². The fourth-order valence-electron chi connectivity index (χ4n) is 3.87. The van der Waals surface area contributed by atoms with Crippen molar-refractivity contribution < 1.29 is 0 Å².